The minimum absolute atomic E-state index is 0.0786. The first-order valence-electron chi connectivity index (χ1n) is 6.46. The van der Waals surface area contributed by atoms with Crippen LogP contribution < -0.4 is 5.48 Å². The maximum atomic E-state index is 13.3. The van der Waals surface area contributed by atoms with Gasteiger partial charge in [0.15, 0.2) is 5.76 Å². The van der Waals surface area contributed by atoms with Crippen LogP contribution in [0.25, 0.3) is 0 Å². The van der Waals surface area contributed by atoms with Gasteiger partial charge in [-0.05, 0) is 12.2 Å². The Morgan fingerprint density at radius 3 is 2.67 bits per heavy atom. The van der Waals surface area contributed by atoms with Gasteiger partial charge in [-0.2, -0.15) is 4.39 Å². The Hall–Kier alpha value is -3.53. The smallest absolute Gasteiger partial charge is 0.321 e. The van der Waals surface area contributed by atoms with Crippen molar-refractivity contribution in [2.45, 2.75) is 0 Å². The molecule has 1 aliphatic carbocycles. The van der Waals surface area contributed by atoms with E-state index in [0.717, 1.165) is 24.4 Å². The normalized spacial score (nSPS) is 23.2. The van der Waals surface area contributed by atoms with E-state index >= 15 is 0 Å². The van der Waals surface area contributed by atoms with Crippen LogP contribution in [0.15, 0.2) is 70.8 Å². The number of carbonyl (C=O) groups is 2. The van der Waals surface area contributed by atoms with Crippen LogP contribution in [0.2, 0.25) is 0 Å². The molecule has 0 saturated carbocycles. The van der Waals surface area contributed by atoms with Gasteiger partial charge in [0.1, 0.15) is 0 Å². The molecule has 0 aromatic carbocycles. The van der Waals surface area contributed by atoms with Gasteiger partial charge in [0, 0.05) is 35.6 Å². The molecule has 0 fully saturated rings. The number of ketones is 2. The van der Waals surface area contributed by atoms with Gasteiger partial charge in [-0.3, -0.25) is 24.9 Å². The average Bonchev–Trinajstić information content (AvgIpc) is 3.02. The summed E-state index contributed by atoms with van der Waals surface area (Å²) >= 11 is 0. The number of hydrogen-bond acceptors (Lipinski definition) is 8. The van der Waals surface area contributed by atoms with Gasteiger partial charge < -0.3 is 4.84 Å². The largest absolute Gasteiger partial charge is 0.381 e. The minimum Gasteiger partial charge on any atom is -0.381 e. The predicted molar refractivity (Wildman–Crippen MR) is 74.5 cm³/mol. The minimum atomic E-state index is -1.20. The maximum Gasteiger partial charge on any atom is 0.321 e. The number of nitrogens with one attached hydrogen (secondary N) is 1. The van der Waals surface area contributed by atoms with Gasteiger partial charge >= 0.3 is 11.5 Å². The van der Waals surface area contributed by atoms with Crippen molar-refractivity contribution < 1.29 is 28.9 Å². The number of allylic oxidation sites excluding steroid dienone is 7. The number of hydrogen-bond donors (Lipinski definition) is 2. The van der Waals surface area contributed by atoms with E-state index < -0.39 is 28.1 Å². The van der Waals surface area contributed by atoms with Gasteiger partial charge in [-0.1, -0.05) is 0 Å². The van der Waals surface area contributed by atoms with Crippen LogP contribution in [0.1, 0.15) is 0 Å². The van der Waals surface area contributed by atoms with Crippen LogP contribution >= 0.6 is 0 Å². The van der Waals surface area contributed by atoms with Crippen molar-refractivity contribution in [1.82, 2.24) is 10.5 Å². The Bertz CT molecular complexity index is 862. The molecular weight excluding hydrogens is 325 g/mol. The summed E-state index contributed by atoms with van der Waals surface area (Å²) in [6, 6.07) is 0. The lowest BCUT2D eigenvalue weighted by Gasteiger charge is -2.13. The molecule has 2 heterocycles. The zero-order valence-electron chi connectivity index (χ0n) is 11.7. The van der Waals surface area contributed by atoms with Gasteiger partial charge in [-0.25, -0.2) is 10.5 Å². The fourth-order valence-corrected chi connectivity index (χ4v) is 2.08. The average molecular weight is 333 g/mol. The van der Waals surface area contributed by atoms with Crippen LogP contribution in [0, 0.1) is 10.1 Å². The van der Waals surface area contributed by atoms with Crippen molar-refractivity contribution in [3.05, 3.63) is 80.9 Å². The number of rotatable bonds is 2. The first-order chi connectivity index (χ1) is 11.4. The fraction of sp³-hybridized carbons (Fsp3) is 0. The summed E-state index contributed by atoms with van der Waals surface area (Å²) in [6.07, 6.45) is 6.68. The molecule has 0 aromatic heterocycles. The zero-order valence-corrected chi connectivity index (χ0v) is 11.7. The Morgan fingerprint density at radius 1 is 1.25 bits per heavy atom. The monoisotopic (exact) mass is 333 g/mol. The van der Waals surface area contributed by atoms with Crippen LogP contribution in [0.5, 0.6) is 0 Å². The summed E-state index contributed by atoms with van der Waals surface area (Å²) in [4.78, 5) is 38.0. The topological polar surface area (TPSA) is 122 Å². The van der Waals surface area contributed by atoms with Gasteiger partial charge in [0.25, 0.3) is 0 Å². The van der Waals surface area contributed by atoms with E-state index in [0.29, 0.717) is 0 Å². The second kappa shape index (κ2) is 5.59. The fourth-order valence-electron chi connectivity index (χ4n) is 2.08. The summed E-state index contributed by atoms with van der Waals surface area (Å²) in [5.74, 6) is -3.00. The highest BCUT2D eigenvalue weighted by molar-refractivity contribution is 6.47. The molecule has 0 spiro atoms. The van der Waals surface area contributed by atoms with E-state index in [-0.39, 0.29) is 27.7 Å². The molecule has 0 amide bonds. The SMILES string of the molecule is O=C1C=C(C2=CC(=C3C=CN(O)C(F)=C3)ON2)C=C([N+](=O)[O-])C1=O. The molecule has 0 radical (unpaired) electrons. The van der Waals surface area contributed by atoms with E-state index in [1.165, 1.54) is 12.2 Å². The molecule has 2 N–H and O–H groups in total. The lowest BCUT2D eigenvalue weighted by atomic mass is 9.99. The summed E-state index contributed by atoms with van der Waals surface area (Å²) in [5.41, 5.74) is 2.13. The highest BCUT2D eigenvalue weighted by Gasteiger charge is 2.33. The number of Topliss-reactive ketones (excluding diaryl/α,β-unsaturated/α-hetero) is 1. The molecule has 0 saturated heterocycles. The van der Waals surface area contributed by atoms with Crippen molar-refractivity contribution >= 4 is 11.6 Å². The molecular formula is C14H8FN3O6. The third kappa shape index (κ3) is 2.61. The van der Waals surface area contributed by atoms with Gasteiger partial charge in [0.05, 0.1) is 10.6 Å². The molecule has 0 aromatic rings. The number of carbonyl (C=O) groups excluding carboxylic acids is 2. The van der Waals surface area contributed by atoms with Crippen molar-refractivity contribution in [2.75, 3.05) is 0 Å². The van der Waals surface area contributed by atoms with Crippen LogP contribution in [-0.2, 0) is 14.4 Å². The van der Waals surface area contributed by atoms with Crippen LogP contribution in [0.4, 0.5) is 4.39 Å². The Morgan fingerprint density at radius 2 is 2.00 bits per heavy atom. The summed E-state index contributed by atoms with van der Waals surface area (Å²) in [5, 5.41) is 20.2. The van der Waals surface area contributed by atoms with Crippen molar-refractivity contribution in [3.63, 3.8) is 0 Å². The lowest BCUT2D eigenvalue weighted by Crippen LogP contribution is -2.24. The summed E-state index contributed by atoms with van der Waals surface area (Å²) in [6.45, 7) is 0. The molecule has 24 heavy (non-hydrogen) atoms. The van der Waals surface area contributed by atoms with E-state index in [4.69, 9.17) is 10.0 Å². The van der Waals surface area contributed by atoms with Gasteiger partial charge in [0.2, 0.25) is 11.7 Å². The van der Waals surface area contributed by atoms with E-state index in [1.54, 1.807) is 0 Å². The Kier molecular flexibility index (Phi) is 3.58. The number of halogens is 1. The molecule has 0 bridgehead atoms. The zero-order chi connectivity index (χ0) is 17.4. The highest BCUT2D eigenvalue weighted by Crippen LogP contribution is 2.27. The second-order valence-corrected chi connectivity index (χ2v) is 4.79. The molecule has 0 unspecified atom stereocenters. The highest BCUT2D eigenvalue weighted by atomic mass is 19.1. The Balaban J connectivity index is 1.96. The first-order valence-corrected chi connectivity index (χ1v) is 6.46. The van der Waals surface area contributed by atoms with Crippen LogP contribution in [0.3, 0.4) is 0 Å². The van der Waals surface area contributed by atoms with Crippen LogP contribution in [-0.4, -0.2) is 26.8 Å². The maximum absolute atomic E-state index is 13.3. The number of nitrogens with zero attached hydrogens (tertiary/aromatic N) is 2. The summed E-state index contributed by atoms with van der Waals surface area (Å²) in [7, 11) is 0. The number of hydroxylamine groups is 3. The molecule has 2 aliphatic heterocycles. The van der Waals surface area contributed by atoms with E-state index in [9.17, 15) is 24.1 Å². The van der Waals surface area contributed by atoms with Crippen molar-refractivity contribution in [1.29, 1.82) is 0 Å². The standard InChI is InChI=1S/C14H8FN3O6/c15-13-5-7(1-2-17(13)21)12-6-9(16-24-12)8-3-10(18(22)23)14(20)11(19)4-8/h1-6,16,21H. The number of nitro groups is 1. The molecule has 3 rings (SSSR count). The molecule has 0 atom stereocenters. The predicted octanol–water partition coefficient (Wildman–Crippen LogP) is 0.927. The second-order valence-electron chi connectivity index (χ2n) is 4.79. The van der Waals surface area contributed by atoms with Crippen molar-refractivity contribution in [2.24, 2.45) is 0 Å². The quantitative estimate of drug-likeness (QED) is 0.252. The first kappa shape index (κ1) is 15.4. The third-order valence-electron chi connectivity index (χ3n) is 3.26. The summed E-state index contributed by atoms with van der Waals surface area (Å²) < 4.78 is 13.3. The van der Waals surface area contributed by atoms with Crippen molar-refractivity contribution in [3.8, 4) is 0 Å². The molecule has 122 valence electrons. The Labute approximate surface area is 133 Å². The molecule has 9 nitrogen and oxygen atoms in total. The van der Waals surface area contributed by atoms with E-state index in [1.807, 2.05) is 0 Å². The lowest BCUT2D eigenvalue weighted by molar-refractivity contribution is -0.418. The molecule has 3 aliphatic rings. The van der Waals surface area contributed by atoms with Gasteiger partial charge in [-0.15, -0.1) is 0 Å². The van der Waals surface area contributed by atoms with E-state index in [2.05, 4.69) is 5.48 Å². The third-order valence-corrected chi connectivity index (χ3v) is 3.26. The molecule has 10 heteroatoms.